The van der Waals surface area contributed by atoms with E-state index in [-0.39, 0.29) is 11.7 Å². The Morgan fingerprint density at radius 1 is 0.632 bits per heavy atom. The number of hydrogen-bond acceptors (Lipinski definition) is 2. The number of nitrogens with zero attached hydrogens (tertiary/aromatic N) is 2. The van der Waals surface area contributed by atoms with Gasteiger partial charge < -0.3 is 9.80 Å². The molecular formula is C36H42N2. The molecule has 38 heavy (non-hydrogen) atoms. The van der Waals surface area contributed by atoms with Gasteiger partial charge in [-0.2, -0.15) is 0 Å². The molecule has 2 saturated carbocycles. The molecule has 0 saturated heterocycles. The molecule has 2 nitrogen and oxygen atoms in total. The van der Waals surface area contributed by atoms with Crippen LogP contribution in [-0.4, -0.2) is 4.90 Å². The van der Waals surface area contributed by atoms with Crippen molar-refractivity contribution in [2.75, 3.05) is 4.90 Å². The van der Waals surface area contributed by atoms with Crippen molar-refractivity contribution in [3.8, 4) is 0 Å². The largest absolute Gasteiger partial charge is 0.335 e. The van der Waals surface area contributed by atoms with Crippen molar-refractivity contribution in [1.82, 2.24) is 4.90 Å². The average molecular weight is 503 g/mol. The third-order valence-corrected chi connectivity index (χ3v) is 10.6. The van der Waals surface area contributed by atoms with Gasteiger partial charge in [-0.05, 0) is 93.5 Å². The van der Waals surface area contributed by atoms with E-state index >= 15 is 0 Å². The second kappa shape index (κ2) is 9.04. The molecule has 7 rings (SSSR count). The molecule has 2 aliphatic heterocycles. The Hall–Kier alpha value is -3.00. The summed E-state index contributed by atoms with van der Waals surface area (Å²) < 4.78 is 0. The summed E-state index contributed by atoms with van der Waals surface area (Å²) in [4.78, 5) is 5.73. The first-order valence-electron chi connectivity index (χ1n) is 15.1. The monoisotopic (exact) mass is 502 g/mol. The number of hydrogen-bond donors (Lipinski definition) is 0. The molecule has 0 aromatic heterocycles. The number of para-hydroxylation sites is 1. The summed E-state index contributed by atoms with van der Waals surface area (Å²) in [7, 11) is 0. The van der Waals surface area contributed by atoms with Gasteiger partial charge in [-0.1, -0.05) is 86.3 Å². The quantitative estimate of drug-likeness (QED) is 0.350. The van der Waals surface area contributed by atoms with Gasteiger partial charge in [0.05, 0.1) is 11.2 Å². The molecule has 4 aliphatic rings. The number of aryl methyl sites for hydroxylation is 3. The third kappa shape index (κ3) is 3.19. The minimum atomic E-state index is 0.0665. The first-order valence-corrected chi connectivity index (χ1v) is 15.1. The minimum absolute atomic E-state index is 0.0665. The second-order valence-electron chi connectivity index (χ2n) is 12.5. The SMILES string of the molecule is CC1=C2c3ccccc3C(C3CCCC3)(C3CCCC3)N2C(c2c(C)cccc2C)N1c1ccccc1C. The summed E-state index contributed by atoms with van der Waals surface area (Å²) in [5.41, 5.74) is 13.1. The molecule has 2 fully saturated rings. The maximum Gasteiger partial charge on any atom is 0.134 e. The maximum atomic E-state index is 3.01. The summed E-state index contributed by atoms with van der Waals surface area (Å²) in [6.45, 7) is 9.36. The van der Waals surface area contributed by atoms with E-state index in [0.29, 0.717) is 11.8 Å². The highest BCUT2D eigenvalue weighted by Gasteiger charge is 2.62. The zero-order chi connectivity index (χ0) is 26.0. The predicted octanol–water partition coefficient (Wildman–Crippen LogP) is 9.41. The van der Waals surface area contributed by atoms with Gasteiger partial charge in [-0.15, -0.1) is 0 Å². The lowest BCUT2D eigenvalue weighted by molar-refractivity contribution is 0.00971. The van der Waals surface area contributed by atoms with Crippen molar-refractivity contribution in [3.63, 3.8) is 0 Å². The van der Waals surface area contributed by atoms with Crippen molar-refractivity contribution < 1.29 is 0 Å². The highest BCUT2D eigenvalue weighted by Crippen LogP contribution is 2.67. The molecule has 3 aromatic carbocycles. The van der Waals surface area contributed by atoms with Crippen LogP contribution in [0.25, 0.3) is 5.70 Å². The first kappa shape index (κ1) is 24.1. The van der Waals surface area contributed by atoms with Crippen LogP contribution >= 0.6 is 0 Å². The van der Waals surface area contributed by atoms with E-state index in [9.17, 15) is 0 Å². The van der Waals surface area contributed by atoms with Crippen LogP contribution in [0.2, 0.25) is 0 Å². The molecule has 1 atom stereocenters. The van der Waals surface area contributed by atoms with Gasteiger partial charge in [0.15, 0.2) is 0 Å². The van der Waals surface area contributed by atoms with Gasteiger partial charge in [0.1, 0.15) is 6.17 Å². The number of fused-ring (bicyclic) bond motifs is 3. The molecule has 0 spiro atoms. The minimum Gasteiger partial charge on any atom is -0.335 e. The Morgan fingerprint density at radius 2 is 1.18 bits per heavy atom. The van der Waals surface area contributed by atoms with Crippen molar-refractivity contribution >= 4 is 11.4 Å². The molecule has 2 aliphatic carbocycles. The Bertz CT molecular complexity index is 1370. The Kier molecular flexibility index (Phi) is 5.73. The smallest absolute Gasteiger partial charge is 0.134 e. The van der Waals surface area contributed by atoms with Crippen LogP contribution in [0, 0.1) is 32.6 Å². The van der Waals surface area contributed by atoms with Crippen LogP contribution in [0.5, 0.6) is 0 Å². The molecular weight excluding hydrogens is 460 g/mol. The van der Waals surface area contributed by atoms with Crippen LogP contribution in [0.3, 0.4) is 0 Å². The summed E-state index contributed by atoms with van der Waals surface area (Å²) in [5, 5.41) is 0. The summed E-state index contributed by atoms with van der Waals surface area (Å²) in [5.74, 6) is 1.42. The molecule has 0 radical (unpaired) electrons. The maximum absolute atomic E-state index is 3.01. The molecule has 0 amide bonds. The van der Waals surface area contributed by atoms with E-state index in [4.69, 9.17) is 0 Å². The zero-order valence-corrected chi connectivity index (χ0v) is 23.6. The Labute approximate surface area is 229 Å². The fourth-order valence-electron chi connectivity index (χ4n) is 9.13. The van der Waals surface area contributed by atoms with Crippen molar-refractivity contribution in [2.45, 2.75) is 90.8 Å². The van der Waals surface area contributed by atoms with E-state index in [2.05, 4.69) is 104 Å². The normalized spacial score (nSPS) is 23.0. The van der Waals surface area contributed by atoms with Crippen LogP contribution in [0.1, 0.15) is 97.8 Å². The molecule has 2 heteroatoms. The zero-order valence-electron chi connectivity index (χ0n) is 23.6. The summed E-state index contributed by atoms with van der Waals surface area (Å²) in [6, 6.07) is 25.5. The van der Waals surface area contributed by atoms with E-state index < -0.39 is 0 Å². The van der Waals surface area contributed by atoms with E-state index in [1.54, 1.807) is 5.56 Å². The third-order valence-electron chi connectivity index (χ3n) is 10.6. The fourth-order valence-corrected chi connectivity index (χ4v) is 9.13. The molecule has 2 heterocycles. The molecule has 0 N–H and O–H groups in total. The van der Waals surface area contributed by atoms with Crippen LogP contribution in [0.15, 0.2) is 72.4 Å². The van der Waals surface area contributed by atoms with Crippen molar-refractivity contribution in [3.05, 3.63) is 106 Å². The number of rotatable bonds is 4. The van der Waals surface area contributed by atoms with Crippen molar-refractivity contribution in [1.29, 1.82) is 0 Å². The van der Waals surface area contributed by atoms with Crippen LogP contribution in [0.4, 0.5) is 5.69 Å². The lowest BCUT2D eigenvalue weighted by Gasteiger charge is -2.52. The number of anilines is 1. The van der Waals surface area contributed by atoms with E-state index in [1.807, 2.05) is 0 Å². The predicted molar refractivity (Wildman–Crippen MR) is 159 cm³/mol. The van der Waals surface area contributed by atoms with E-state index in [1.165, 1.54) is 96.3 Å². The Balaban J connectivity index is 1.58. The molecule has 1 unspecified atom stereocenters. The standard InChI is InChI=1S/C36H42N2/c1-24-14-5-12-23-32(24)37-27(4)34-30-21-10-11-22-31(30)36(28-17-6-7-18-28,29-19-8-9-20-29)38(34)35(37)33-25(2)15-13-16-26(33)3/h5,10-16,21-23,28-29,35H,6-9,17-20H2,1-4H3. The lowest BCUT2D eigenvalue weighted by atomic mass is 9.67. The van der Waals surface area contributed by atoms with Gasteiger partial charge in [0, 0.05) is 22.5 Å². The fraction of sp³-hybridized carbons (Fsp3) is 0.444. The highest BCUT2D eigenvalue weighted by molar-refractivity contribution is 5.84. The molecule has 196 valence electrons. The Morgan fingerprint density at radius 3 is 1.82 bits per heavy atom. The van der Waals surface area contributed by atoms with Gasteiger partial charge in [0.25, 0.3) is 0 Å². The highest BCUT2D eigenvalue weighted by atomic mass is 15.5. The van der Waals surface area contributed by atoms with Crippen LogP contribution in [-0.2, 0) is 5.54 Å². The summed E-state index contributed by atoms with van der Waals surface area (Å²) in [6.07, 6.45) is 11.1. The number of benzene rings is 3. The summed E-state index contributed by atoms with van der Waals surface area (Å²) >= 11 is 0. The van der Waals surface area contributed by atoms with Gasteiger partial charge in [-0.3, -0.25) is 0 Å². The average Bonchev–Trinajstić information content (AvgIpc) is 3.71. The van der Waals surface area contributed by atoms with Crippen molar-refractivity contribution in [2.24, 2.45) is 11.8 Å². The topological polar surface area (TPSA) is 6.48 Å². The number of allylic oxidation sites excluding steroid dienone is 1. The lowest BCUT2D eigenvalue weighted by Crippen LogP contribution is -2.53. The molecule has 3 aromatic rings. The van der Waals surface area contributed by atoms with Gasteiger partial charge >= 0.3 is 0 Å². The van der Waals surface area contributed by atoms with Crippen LogP contribution < -0.4 is 4.90 Å². The van der Waals surface area contributed by atoms with E-state index in [0.717, 1.165) is 0 Å². The van der Waals surface area contributed by atoms with Gasteiger partial charge in [-0.25, -0.2) is 0 Å². The molecule has 0 bridgehead atoms. The first-order chi connectivity index (χ1) is 18.5. The second-order valence-corrected chi connectivity index (χ2v) is 12.5. The van der Waals surface area contributed by atoms with Gasteiger partial charge in [0.2, 0.25) is 0 Å².